The largest absolute Gasteiger partial charge is 0.234 e. The zero-order chi connectivity index (χ0) is 12.3. The molecule has 17 heavy (non-hydrogen) atoms. The highest BCUT2D eigenvalue weighted by Crippen LogP contribution is 2.39. The molecular formula is C14H16INS. The molecular weight excluding hydrogens is 341 g/mol. The lowest BCUT2D eigenvalue weighted by atomic mass is 9.82. The predicted molar refractivity (Wildman–Crippen MR) is 85.1 cm³/mol. The lowest BCUT2D eigenvalue weighted by molar-refractivity contribution is 0.364. The van der Waals surface area contributed by atoms with E-state index >= 15 is 0 Å². The molecule has 1 atom stereocenters. The first-order valence-corrected chi connectivity index (χ1v) is 9.00. The van der Waals surface area contributed by atoms with Crippen LogP contribution in [0.3, 0.4) is 0 Å². The minimum Gasteiger partial charge on any atom is -0.234 e. The van der Waals surface area contributed by atoms with E-state index in [0.717, 1.165) is 19.4 Å². The van der Waals surface area contributed by atoms with Gasteiger partial charge in [0, 0.05) is 33.8 Å². The van der Waals surface area contributed by atoms with Gasteiger partial charge in [-0.2, -0.15) is 0 Å². The molecule has 0 aliphatic heterocycles. The van der Waals surface area contributed by atoms with Gasteiger partial charge in [-0.15, -0.1) is 0 Å². The quantitative estimate of drug-likeness (QED) is 0.567. The van der Waals surface area contributed by atoms with Crippen molar-refractivity contribution in [2.45, 2.75) is 18.9 Å². The first-order chi connectivity index (χ1) is 8.22. The second-order valence-electron chi connectivity index (χ2n) is 4.29. The minimum absolute atomic E-state index is 0.494. The Morgan fingerprint density at radius 2 is 2.00 bits per heavy atom. The third kappa shape index (κ3) is 3.14. The second kappa shape index (κ2) is 6.07. The Bertz CT molecular complexity index is 415. The van der Waals surface area contributed by atoms with Crippen molar-refractivity contribution < 1.29 is 0 Å². The molecule has 1 aliphatic rings. The third-order valence-corrected chi connectivity index (χ3v) is 5.33. The van der Waals surface area contributed by atoms with E-state index in [1.54, 1.807) is 9.12 Å². The molecule has 0 N–H and O–H groups in total. The molecule has 0 spiro atoms. The standard InChI is InChI=1S/C14H16INS/c1-11-10-14(12(11)2)16(17-15)9-8-13-6-4-3-5-7-13/h3-7,14H,1-2,8-10H2. The van der Waals surface area contributed by atoms with E-state index < -0.39 is 0 Å². The molecule has 0 bridgehead atoms. The average Bonchev–Trinajstić information content (AvgIpc) is 2.39. The zero-order valence-electron chi connectivity index (χ0n) is 9.73. The fourth-order valence-electron chi connectivity index (χ4n) is 1.99. The van der Waals surface area contributed by atoms with Crippen LogP contribution in [0.5, 0.6) is 0 Å². The molecule has 1 aliphatic carbocycles. The van der Waals surface area contributed by atoms with Gasteiger partial charge in [0.15, 0.2) is 0 Å². The molecule has 0 heterocycles. The lowest BCUT2D eigenvalue weighted by Crippen LogP contribution is -2.39. The molecule has 1 aromatic rings. The van der Waals surface area contributed by atoms with Gasteiger partial charge in [-0.05, 0) is 38.7 Å². The second-order valence-corrected chi connectivity index (χ2v) is 6.08. The number of halogens is 1. The summed E-state index contributed by atoms with van der Waals surface area (Å²) in [5.74, 6) is 0. The van der Waals surface area contributed by atoms with Crippen molar-refractivity contribution >= 4 is 30.3 Å². The van der Waals surface area contributed by atoms with Crippen LogP contribution < -0.4 is 0 Å². The van der Waals surface area contributed by atoms with Crippen molar-refractivity contribution in [1.29, 1.82) is 0 Å². The van der Waals surface area contributed by atoms with Gasteiger partial charge < -0.3 is 0 Å². The maximum Gasteiger partial charge on any atom is 0.0496 e. The Labute approximate surface area is 120 Å². The van der Waals surface area contributed by atoms with E-state index in [-0.39, 0.29) is 0 Å². The highest BCUT2D eigenvalue weighted by Gasteiger charge is 2.31. The van der Waals surface area contributed by atoms with E-state index in [2.05, 4.69) is 69.0 Å². The number of hydrogen-bond acceptors (Lipinski definition) is 2. The highest BCUT2D eigenvalue weighted by atomic mass is 127. The molecule has 1 aromatic carbocycles. The summed E-state index contributed by atoms with van der Waals surface area (Å²) in [6.07, 6.45) is 2.16. The fourth-order valence-corrected chi connectivity index (χ4v) is 3.86. The van der Waals surface area contributed by atoms with E-state index in [0.29, 0.717) is 6.04 Å². The third-order valence-electron chi connectivity index (χ3n) is 3.20. The monoisotopic (exact) mass is 357 g/mol. The van der Waals surface area contributed by atoms with Crippen LogP contribution in [0.4, 0.5) is 0 Å². The summed E-state index contributed by atoms with van der Waals surface area (Å²) in [7, 11) is 1.78. The molecule has 3 heteroatoms. The minimum atomic E-state index is 0.494. The first kappa shape index (κ1) is 13.2. The van der Waals surface area contributed by atoms with Crippen molar-refractivity contribution in [3.05, 3.63) is 60.2 Å². The fraction of sp³-hybridized carbons (Fsp3) is 0.286. The molecule has 1 fully saturated rings. The van der Waals surface area contributed by atoms with Crippen molar-refractivity contribution in [2.75, 3.05) is 6.54 Å². The Balaban J connectivity index is 1.89. The number of hydrogen-bond donors (Lipinski definition) is 0. The summed E-state index contributed by atoms with van der Waals surface area (Å²) < 4.78 is 2.41. The van der Waals surface area contributed by atoms with Gasteiger partial charge in [0.25, 0.3) is 0 Å². The van der Waals surface area contributed by atoms with Crippen molar-refractivity contribution in [1.82, 2.24) is 4.31 Å². The summed E-state index contributed by atoms with van der Waals surface area (Å²) in [6.45, 7) is 9.14. The molecule has 1 nitrogen and oxygen atoms in total. The average molecular weight is 357 g/mol. The van der Waals surface area contributed by atoms with E-state index in [1.165, 1.54) is 16.7 Å². The Kier molecular flexibility index (Phi) is 4.70. The Morgan fingerprint density at radius 1 is 1.29 bits per heavy atom. The lowest BCUT2D eigenvalue weighted by Gasteiger charge is -2.39. The Morgan fingerprint density at radius 3 is 2.53 bits per heavy atom. The SMILES string of the molecule is C=C1CC(N(CCc2ccccc2)SI)C1=C. The van der Waals surface area contributed by atoms with Crippen molar-refractivity contribution in [3.8, 4) is 0 Å². The van der Waals surface area contributed by atoms with Crippen LogP contribution in [0.1, 0.15) is 12.0 Å². The van der Waals surface area contributed by atoms with Crippen LogP contribution in [0.15, 0.2) is 54.6 Å². The van der Waals surface area contributed by atoms with Gasteiger partial charge in [-0.3, -0.25) is 0 Å². The van der Waals surface area contributed by atoms with Gasteiger partial charge in [0.2, 0.25) is 0 Å². The molecule has 2 rings (SSSR count). The summed E-state index contributed by atoms with van der Waals surface area (Å²) in [5, 5.41) is 0. The Hall–Kier alpha value is -0.260. The molecule has 1 saturated carbocycles. The summed E-state index contributed by atoms with van der Waals surface area (Å²) in [4.78, 5) is 0. The highest BCUT2D eigenvalue weighted by molar-refractivity contribution is 14.2. The van der Waals surface area contributed by atoms with E-state index in [1.807, 2.05) is 0 Å². The molecule has 90 valence electrons. The van der Waals surface area contributed by atoms with Crippen LogP contribution in [0.25, 0.3) is 0 Å². The molecule has 0 radical (unpaired) electrons. The van der Waals surface area contributed by atoms with Gasteiger partial charge in [-0.1, -0.05) is 43.5 Å². The molecule has 1 unspecified atom stereocenters. The summed E-state index contributed by atoms with van der Waals surface area (Å²) in [5.41, 5.74) is 3.82. The number of nitrogens with zero attached hydrogens (tertiary/aromatic N) is 1. The van der Waals surface area contributed by atoms with Gasteiger partial charge in [-0.25, -0.2) is 4.31 Å². The van der Waals surface area contributed by atoms with Crippen LogP contribution in [-0.4, -0.2) is 16.9 Å². The van der Waals surface area contributed by atoms with Crippen LogP contribution in [0.2, 0.25) is 0 Å². The summed E-state index contributed by atoms with van der Waals surface area (Å²) in [6, 6.07) is 11.1. The van der Waals surface area contributed by atoms with E-state index in [4.69, 9.17) is 0 Å². The number of benzene rings is 1. The maximum atomic E-state index is 4.09. The van der Waals surface area contributed by atoms with Gasteiger partial charge >= 0.3 is 0 Å². The normalized spacial score (nSPS) is 19.5. The smallest absolute Gasteiger partial charge is 0.0496 e. The zero-order valence-corrected chi connectivity index (χ0v) is 12.7. The van der Waals surface area contributed by atoms with Crippen LogP contribution in [-0.2, 0) is 6.42 Å². The van der Waals surface area contributed by atoms with Gasteiger partial charge in [0.1, 0.15) is 0 Å². The maximum absolute atomic E-state index is 4.09. The predicted octanol–water partition coefficient (Wildman–Crippen LogP) is 4.41. The van der Waals surface area contributed by atoms with Crippen molar-refractivity contribution in [3.63, 3.8) is 0 Å². The summed E-state index contributed by atoms with van der Waals surface area (Å²) >= 11 is 2.35. The van der Waals surface area contributed by atoms with Gasteiger partial charge in [0.05, 0.1) is 0 Å². The van der Waals surface area contributed by atoms with Crippen LogP contribution in [0, 0.1) is 0 Å². The first-order valence-electron chi connectivity index (χ1n) is 5.68. The molecule has 0 aromatic heterocycles. The molecule has 0 amide bonds. The topological polar surface area (TPSA) is 3.24 Å². The van der Waals surface area contributed by atoms with Crippen molar-refractivity contribution in [2.24, 2.45) is 0 Å². The number of rotatable bonds is 5. The van der Waals surface area contributed by atoms with E-state index in [9.17, 15) is 0 Å². The van der Waals surface area contributed by atoms with Crippen LogP contribution >= 0.6 is 30.3 Å². The molecule has 0 saturated heterocycles.